The number of nitrogens with zero attached hydrogens (tertiary/aromatic N) is 5. The van der Waals surface area contributed by atoms with Gasteiger partial charge in [0.05, 0.1) is 0 Å². The number of aromatic nitrogens is 2. The molecule has 2 aromatic rings. The van der Waals surface area contributed by atoms with Crippen LogP contribution in [-0.4, -0.2) is 60.4 Å². The Morgan fingerprint density at radius 2 is 1.46 bits per heavy atom. The van der Waals surface area contributed by atoms with E-state index in [0.29, 0.717) is 28.9 Å². The summed E-state index contributed by atoms with van der Waals surface area (Å²) in [5.41, 5.74) is 1.29. The molecule has 3 heterocycles. The number of thiocarbonyl (C=S) groups is 1. The largest absolute Gasteiger partial charge is 0.368 e. The predicted molar refractivity (Wildman–Crippen MR) is 150 cm³/mol. The number of piperidine rings is 1. The van der Waals surface area contributed by atoms with Crippen LogP contribution < -0.4 is 25.3 Å². The van der Waals surface area contributed by atoms with E-state index in [9.17, 15) is 0 Å². The second-order valence-corrected chi connectivity index (χ2v) is 11.1. The first kappa shape index (κ1) is 24.1. The molecule has 8 heteroatoms. The van der Waals surface area contributed by atoms with Gasteiger partial charge in [-0.1, -0.05) is 44.9 Å². The number of nitrogens with one attached hydrogen (secondary N) is 2. The molecule has 3 fully saturated rings. The summed E-state index contributed by atoms with van der Waals surface area (Å²) in [6, 6.07) is 13.3. The third-order valence-corrected chi connectivity index (χ3v) is 7.75. The van der Waals surface area contributed by atoms with E-state index in [4.69, 9.17) is 22.2 Å². The van der Waals surface area contributed by atoms with Crippen LogP contribution in [0.3, 0.4) is 0 Å². The molecule has 2 N–H and O–H groups in total. The summed E-state index contributed by atoms with van der Waals surface area (Å²) in [7, 11) is 0. The molecule has 0 spiro atoms. The summed E-state index contributed by atoms with van der Waals surface area (Å²) < 4.78 is 0. The molecule has 1 aliphatic carbocycles. The monoisotopic (exact) mass is 493 g/mol. The van der Waals surface area contributed by atoms with Gasteiger partial charge in [0.25, 0.3) is 0 Å². The van der Waals surface area contributed by atoms with Crippen molar-refractivity contribution in [1.82, 2.24) is 15.3 Å². The minimum atomic E-state index is 0.465. The maximum Gasteiger partial charge on any atom is 0.232 e. The van der Waals surface area contributed by atoms with Gasteiger partial charge in [0, 0.05) is 57.1 Å². The number of benzene rings is 1. The predicted octanol–water partition coefficient (Wildman–Crippen LogP) is 4.51. The topological polar surface area (TPSA) is 59.6 Å². The molecule has 1 aromatic heterocycles. The average Bonchev–Trinajstić information content (AvgIpc) is 3.37. The quantitative estimate of drug-likeness (QED) is 0.590. The minimum absolute atomic E-state index is 0.465. The van der Waals surface area contributed by atoms with Crippen molar-refractivity contribution in [3.8, 4) is 0 Å². The van der Waals surface area contributed by atoms with Gasteiger partial charge in [-0.25, -0.2) is 0 Å². The molecule has 5 rings (SSSR count). The van der Waals surface area contributed by atoms with Crippen molar-refractivity contribution in [2.45, 2.75) is 52.0 Å². The third-order valence-electron chi connectivity index (χ3n) is 7.53. The molecule has 188 valence electrons. The molecule has 1 aromatic carbocycles. The number of hydrogen-bond acceptors (Lipinski definition) is 6. The van der Waals surface area contributed by atoms with Gasteiger partial charge in [0.2, 0.25) is 5.95 Å². The Hall–Kier alpha value is -2.61. The molecule has 2 saturated heterocycles. The van der Waals surface area contributed by atoms with Gasteiger partial charge >= 0.3 is 0 Å². The highest BCUT2D eigenvalue weighted by Crippen LogP contribution is 2.29. The third kappa shape index (κ3) is 6.15. The molecule has 1 saturated carbocycles. The van der Waals surface area contributed by atoms with Crippen molar-refractivity contribution in [1.29, 1.82) is 0 Å². The van der Waals surface area contributed by atoms with E-state index >= 15 is 0 Å². The zero-order valence-corrected chi connectivity index (χ0v) is 21.9. The van der Waals surface area contributed by atoms with Crippen LogP contribution in [0, 0.1) is 11.8 Å². The molecule has 3 aliphatic rings. The van der Waals surface area contributed by atoms with Crippen LogP contribution in [0.25, 0.3) is 0 Å². The van der Waals surface area contributed by atoms with Gasteiger partial charge in [-0.15, -0.1) is 0 Å². The van der Waals surface area contributed by atoms with E-state index in [-0.39, 0.29) is 0 Å². The second-order valence-electron chi connectivity index (χ2n) is 10.6. The van der Waals surface area contributed by atoms with Gasteiger partial charge in [-0.05, 0) is 55.4 Å². The van der Waals surface area contributed by atoms with Crippen LogP contribution in [-0.2, 0) is 0 Å². The first-order valence-corrected chi connectivity index (χ1v) is 13.7. The van der Waals surface area contributed by atoms with Gasteiger partial charge in [0.1, 0.15) is 11.6 Å². The van der Waals surface area contributed by atoms with Crippen molar-refractivity contribution < 1.29 is 0 Å². The Morgan fingerprint density at radius 3 is 2.11 bits per heavy atom. The van der Waals surface area contributed by atoms with E-state index < -0.39 is 0 Å². The first-order chi connectivity index (χ1) is 17.0. The molecular weight excluding hydrogens is 454 g/mol. The number of hydrogen-bond donors (Lipinski definition) is 2. The second kappa shape index (κ2) is 11.0. The highest BCUT2D eigenvalue weighted by atomic mass is 32.1. The number of anilines is 4. The summed E-state index contributed by atoms with van der Waals surface area (Å²) in [6.45, 7) is 10.6. The molecule has 2 atom stereocenters. The van der Waals surface area contributed by atoms with Gasteiger partial charge in [-0.2, -0.15) is 9.97 Å². The van der Waals surface area contributed by atoms with Crippen molar-refractivity contribution in [3.05, 3.63) is 36.4 Å². The standard InChI is InChI=1S/C27H39N7S/c1-20-16-21(2)19-34(18-20)25-17-24(29-26(30-25)31-27(35)28-22-8-6-7-9-22)33-14-12-32(13-15-33)23-10-4-3-5-11-23/h3-5,10-11,17,20-22H,6-9,12-16,18-19H2,1-2H3,(H2,28,29,30,31,35)/t20-,21+. The van der Waals surface area contributed by atoms with Crippen LogP contribution >= 0.6 is 12.2 Å². The summed E-state index contributed by atoms with van der Waals surface area (Å²) in [4.78, 5) is 17.1. The average molecular weight is 494 g/mol. The zero-order valence-electron chi connectivity index (χ0n) is 21.1. The maximum absolute atomic E-state index is 5.64. The summed E-state index contributed by atoms with van der Waals surface area (Å²) in [5, 5.41) is 7.42. The van der Waals surface area contributed by atoms with Crippen LogP contribution in [0.5, 0.6) is 0 Å². The molecule has 35 heavy (non-hydrogen) atoms. The number of rotatable bonds is 5. The molecule has 0 unspecified atom stereocenters. The first-order valence-electron chi connectivity index (χ1n) is 13.3. The normalized spacial score (nSPS) is 23.4. The number of para-hydroxylation sites is 1. The minimum Gasteiger partial charge on any atom is -0.368 e. The number of piperazine rings is 1. The SMILES string of the molecule is C[C@@H]1C[C@H](C)CN(c2cc(N3CCN(c4ccccc4)CC3)nc(NC(=S)NC3CCCC3)n2)C1. The molecule has 0 amide bonds. The summed E-state index contributed by atoms with van der Waals surface area (Å²) in [5.74, 6) is 3.91. The highest BCUT2D eigenvalue weighted by Gasteiger charge is 2.26. The Labute approximate surface area is 215 Å². The fraction of sp³-hybridized carbons (Fsp3) is 0.593. The van der Waals surface area contributed by atoms with Crippen LogP contribution in [0.4, 0.5) is 23.3 Å². The Balaban J connectivity index is 1.33. The van der Waals surface area contributed by atoms with Crippen LogP contribution in [0.1, 0.15) is 46.0 Å². The van der Waals surface area contributed by atoms with Crippen LogP contribution in [0.15, 0.2) is 36.4 Å². The summed E-state index contributed by atoms with van der Waals surface area (Å²) in [6.07, 6.45) is 6.19. The van der Waals surface area contributed by atoms with Crippen molar-refractivity contribution >= 4 is 40.6 Å². The lowest BCUT2D eigenvalue weighted by atomic mass is 9.92. The Bertz CT molecular complexity index is 976. The molecule has 7 nitrogen and oxygen atoms in total. The Kier molecular flexibility index (Phi) is 7.56. The highest BCUT2D eigenvalue weighted by molar-refractivity contribution is 7.80. The van der Waals surface area contributed by atoms with Crippen molar-refractivity contribution in [2.24, 2.45) is 11.8 Å². The Morgan fingerprint density at radius 1 is 0.857 bits per heavy atom. The van der Waals surface area contributed by atoms with Crippen molar-refractivity contribution in [2.75, 3.05) is 59.3 Å². The van der Waals surface area contributed by atoms with Gasteiger partial charge in [0.15, 0.2) is 5.11 Å². The van der Waals surface area contributed by atoms with E-state index in [2.05, 4.69) is 75.6 Å². The van der Waals surface area contributed by atoms with Crippen LogP contribution in [0.2, 0.25) is 0 Å². The summed E-state index contributed by atoms with van der Waals surface area (Å²) >= 11 is 5.64. The lowest BCUT2D eigenvalue weighted by Crippen LogP contribution is -2.47. The molecule has 0 bridgehead atoms. The van der Waals surface area contributed by atoms with E-state index in [1.165, 1.54) is 37.8 Å². The zero-order chi connectivity index (χ0) is 24.2. The molecule has 0 radical (unpaired) electrons. The van der Waals surface area contributed by atoms with E-state index in [0.717, 1.165) is 50.9 Å². The van der Waals surface area contributed by atoms with Crippen molar-refractivity contribution in [3.63, 3.8) is 0 Å². The smallest absolute Gasteiger partial charge is 0.232 e. The maximum atomic E-state index is 5.64. The molecular formula is C27H39N7S. The van der Waals surface area contributed by atoms with Gasteiger partial charge < -0.3 is 25.3 Å². The fourth-order valence-corrected chi connectivity index (χ4v) is 6.14. The lowest BCUT2D eigenvalue weighted by molar-refractivity contribution is 0.355. The lowest BCUT2D eigenvalue weighted by Gasteiger charge is -2.38. The molecule has 2 aliphatic heterocycles. The fourth-order valence-electron chi connectivity index (χ4n) is 5.88. The van der Waals surface area contributed by atoms with E-state index in [1.807, 2.05) is 0 Å². The van der Waals surface area contributed by atoms with E-state index in [1.54, 1.807) is 0 Å². The van der Waals surface area contributed by atoms with Gasteiger partial charge in [-0.3, -0.25) is 0 Å².